The maximum atomic E-state index is 13.0. The summed E-state index contributed by atoms with van der Waals surface area (Å²) in [5, 5.41) is 0. The summed E-state index contributed by atoms with van der Waals surface area (Å²) in [4.78, 5) is 0.235. The molecule has 0 spiro atoms. The van der Waals surface area contributed by atoms with Crippen LogP contribution in [0, 0.1) is 12.7 Å². The molecule has 0 amide bonds. The highest BCUT2D eigenvalue weighted by molar-refractivity contribution is 9.10. The van der Waals surface area contributed by atoms with Crippen molar-refractivity contribution in [3.8, 4) is 0 Å². The molecule has 0 aliphatic heterocycles. The van der Waals surface area contributed by atoms with Crippen molar-refractivity contribution < 1.29 is 12.8 Å². The molecule has 0 N–H and O–H groups in total. The lowest BCUT2D eigenvalue weighted by Crippen LogP contribution is -2.06. The first kappa shape index (κ1) is 15.7. The van der Waals surface area contributed by atoms with Crippen LogP contribution in [0.25, 0.3) is 0 Å². The molecule has 0 bridgehead atoms. The van der Waals surface area contributed by atoms with Gasteiger partial charge in [-0.2, -0.15) is 0 Å². The Morgan fingerprint density at radius 2 is 1.75 bits per heavy atom. The van der Waals surface area contributed by atoms with Gasteiger partial charge < -0.3 is 0 Å². The Balaban J connectivity index is 2.41. The molecule has 2 aromatic rings. The fourth-order valence-electron chi connectivity index (χ4n) is 1.78. The van der Waals surface area contributed by atoms with Gasteiger partial charge in [-0.15, -0.1) is 0 Å². The Hall–Kier alpha value is -0.720. The summed E-state index contributed by atoms with van der Waals surface area (Å²) < 4.78 is 38.9. The van der Waals surface area contributed by atoms with Gasteiger partial charge in [0.1, 0.15) is 5.82 Å². The van der Waals surface area contributed by atoms with Gasteiger partial charge in [-0.25, -0.2) is 12.8 Å². The number of sulfone groups is 1. The van der Waals surface area contributed by atoms with E-state index in [9.17, 15) is 12.8 Å². The third-order valence-corrected chi connectivity index (χ3v) is 6.16. The second-order valence-electron chi connectivity index (χ2n) is 4.43. The van der Waals surface area contributed by atoms with E-state index in [2.05, 4.69) is 31.9 Å². The Bertz CT molecular complexity index is 758. The van der Waals surface area contributed by atoms with Crippen molar-refractivity contribution in [2.24, 2.45) is 0 Å². The smallest absolute Gasteiger partial charge is 0.183 e. The minimum Gasteiger partial charge on any atom is -0.223 e. The van der Waals surface area contributed by atoms with Gasteiger partial charge in [0.25, 0.3) is 0 Å². The van der Waals surface area contributed by atoms with Crippen LogP contribution in [0.5, 0.6) is 0 Å². The standard InChI is InChI=1S/C14H11Br2FO2S/c1-9-2-5-14(13(16)6-9)20(18,19)8-10-3-4-11(17)7-12(10)15/h2-7H,8H2,1H3. The molecule has 106 valence electrons. The van der Waals surface area contributed by atoms with Crippen molar-refractivity contribution in [1.29, 1.82) is 0 Å². The fraction of sp³-hybridized carbons (Fsp3) is 0.143. The average molecular weight is 422 g/mol. The van der Waals surface area contributed by atoms with Crippen LogP contribution in [0.4, 0.5) is 4.39 Å². The average Bonchev–Trinajstić information content (AvgIpc) is 2.32. The maximum Gasteiger partial charge on any atom is 0.183 e. The number of aryl methyl sites for hydroxylation is 1. The second kappa shape index (κ2) is 5.95. The second-order valence-corrected chi connectivity index (χ2v) is 8.10. The summed E-state index contributed by atoms with van der Waals surface area (Å²) in [6.07, 6.45) is 0. The molecule has 0 saturated heterocycles. The van der Waals surface area contributed by atoms with Gasteiger partial charge in [0.2, 0.25) is 0 Å². The third kappa shape index (κ3) is 3.48. The van der Waals surface area contributed by atoms with Crippen LogP contribution in [0.2, 0.25) is 0 Å². The Labute approximate surface area is 134 Å². The SMILES string of the molecule is Cc1ccc(S(=O)(=O)Cc2ccc(F)cc2Br)c(Br)c1. The molecule has 2 rings (SSSR count). The van der Waals surface area contributed by atoms with Gasteiger partial charge in [-0.05, 0) is 58.2 Å². The predicted octanol–water partition coefficient (Wildman–Crippen LogP) is 4.63. The summed E-state index contributed by atoms with van der Waals surface area (Å²) in [7, 11) is -3.50. The van der Waals surface area contributed by atoms with E-state index < -0.39 is 15.7 Å². The molecule has 2 nitrogen and oxygen atoms in total. The molecule has 6 heteroatoms. The first-order valence-electron chi connectivity index (χ1n) is 5.72. The van der Waals surface area contributed by atoms with Crippen molar-refractivity contribution >= 4 is 41.7 Å². The van der Waals surface area contributed by atoms with Crippen molar-refractivity contribution in [2.75, 3.05) is 0 Å². The normalized spacial score (nSPS) is 11.6. The highest BCUT2D eigenvalue weighted by atomic mass is 79.9. The largest absolute Gasteiger partial charge is 0.223 e. The minimum absolute atomic E-state index is 0.185. The highest BCUT2D eigenvalue weighted by Crippen LogP contribution is 2.28. The van der Waals surface area contributed by atoms with Crippen molar-refractivity contribution in [1.82, 2.24) is 0 Å². The van der Waals surface area contributed by atoms with Gasteiger partial charge in [0, 0.05) is 8.95 Å². The van der Waals surface area contributed by atoms with E-state index in [0.717, 1.165) is 5.56 Å². The quantitative estimate of drug-likeness (QED) is 0.723. The molecule has 0 radical (unpaired) electrons. The Morgan fingerprint density at radius 1 is 1.05 bits per heavy atom. The molecule has 0 aromatic heterocycles. The van der Waals surface area contributed by atoms with Crippen LogP contribution >= 0.6 is 31.9 Å². The molecule has 0 atom stereocenters. The van der Waals surface area contributed by atoms with E-state index in [1.165, 1.54) is 18.2 Å². The van der Waals surface area contributed by atoms with E-state index in [0.29, 0.717) is 14.5 Å². The minimum atomic E-state index is -3.50. The lowest BCUT2D eigenvalue weighted by molar-refractivity contribution is 0.594. The van der Waals surface area contributed by atoms with Gasteiger partial charge in [-0.3, -0.25) is 0 Å². The maximum absolute atomic E-state index is 13.0. The topological polar surface area (TPSA) is 34.1 Å². The summed E-state index contributed by atoms with van der Waals surface area (Å²) >= 11 is 6.46. The van der Waals surface area contributed by atoms with Gasteiger partial charge in [0.05, 0.1) is 10.6 Å². The van der Waals surface area contributed by atoms with Gasteiger partial charge in [-0.1, -0.05) is 28.1 Å². The van der Waals surface area contributed by atoms with E-state index in [1.54, 1.807) is 18.2 Å². The molecule has 20 heavy (non-hydrogen) atoms. The van der Waals surface area contributed by atoms with Crippen LogP contribution in [-0.2, 0) is 15.6 Å². The summed E-state index contributed by atoms with van der Waals surface area (Å²) in [6, 6.07) is 9.06. The molecule has 2 aromatic carbocycles. The molecular formula is C14H11Br2FO2S. The van der Waals surface area contributed by atoms with E-state index in [-0.39, 0.29) is 10.6 Å². The first-order chi connectivity index (χ1) is 9.29. The van der Waals surface area contributed by atoms with E-state index >= 15 is 0 Å². The van der Waals surface area contributed by atoms with Crippen molar-refractivity contribution in [2.45, 2.75) is 17.6 Å². The van der Waals surface area contributed by atoms with Crippen LogP contribution in [0.15, 0.2) is 50.2 Å². The van der Waals surface area contributed by atoms with Crippen LogP contribution in [0.1, 0.15) is 11.1 Å². The fourth-order valence-corrected chi connectivity index (χ4v) is 5.14. The summed E-state index contributed by atoms with van der Waals surface area (Å²) in [5.41, 5.74) is 1.50. The molecular weight excluding hydrogens is 411 g/mol. The first-order valence-corrected chi connectivity index (χ1v) is 8.96. The van der Waals surface area contributed by atoms with Crippen LogP contribution in [-0.4, -0.2) is 8.42 Å². The Kier molecular flexibility index (Phi) is 4.66. The van der Waals surface area contributed by atoms with Crippen LogP contribution in [0.3, 0.4) is 0 Å². The number of hydrogen-bond acceptors (Lipinski definition) is 2. The molecule has 0 saturated carbocycles. The zero-order valence-corrected chi connectivity index (χ0v) is 14.5. The Morgan fingerprint density at radius 3 is 2.35 bits per heavy atom. The summed E-state index contributed by atoms with van der Waals surface area (Å²) in [5.74, 6) is -0.593. The number of benzene rings is 2. The zero-order chi connectivity index (χ0) is 14.9. The number of halogens is 3. The molecule has 0 fully saturated rings. The number of hydrogen-bond donors (Lipinski definition) is 0. The van der Waals surface area contributed by atoms with Gasteiger partial charge in [0.15, 0.2) is 9.84 Å². The van der Waals surface area contributed by atoms with Crippen molar-refractivity contribution in [3.05, 3.63) is 62.3 Å². The van der Waals surface area contributed by atoms with Gasteiger partial charge >= 0.3 is 0 Å². The van der Waals surface area contributed by atoms with E-state index in [4.69, 9.17) is 0 Å². The summed E-state index contributed by atoms with van der Waals surface area (Å²) in [6.45, 7) is 1.89. The molecule has 0 heterocycles. The van der Waals surface area contributed by atoms with Crippen molar-refractivity contribution in [3.63, 3.8) is 0 Å². The molecule has 0 unspecified atom stereocenters. The number of rotatable bonds is 3. The molecule has 0 aliphatic carbocycles. The third-order valence-electron chi connectivity index (χ3n) is 2.78. The predicted molar refractivity (Wildman–Crippen MR) is 83.9 cm³/mol. The highest BCUT2D eigenvalue weighted by Gasteiger charge is 2.20. The lowest BCUT2D eigenvalue weighted by atomic mass is 10.2. The zero-order valence-electron chi connectivity index (χ0n) is 10.5. The monoisotopic (exact) mass is 420 g/mol. The lowest BCUT2D eigenvalue weighted by Gasteiger charge is -2.09. The molecule has 0 aliphatic rings. The van der Waals surface area contributed by atoms with E-state index in [1.807, 2.05) is 6.92 Å². The van der Waals surface area contributed by atoms with Crippen LogP contribution < -0.4 is 0 Å².